The summed E-state index contributed by atoms with van der Waals surface area (Å²) in [5.74, 6) is -0.161. The van der Waals surface area contributed by atoms with Gasteiger partial charge in [0.1, 0.15) is 5.82 Å². The van der Waals surface area contributed by atoms with E-state index in [2.05, 4.69) is 18.7 Å². The van der Waals surface area contributed by atoms with Gasteiger partial charge in [0.2, 0.25) is 0 Å². The number of nitrogens with two attached hydrogens (primary N) is 1. The Balaban J connectivity index is 2.19. The van der Waals surface area contributed by atoms with Crippen LogP contribution in [0.15, 0.2) is 18.2 Å². The first kappa shape index (κ1) is 12.4. The highest BCUT2D eigenvalue weighted by atomic mass is 19.1. The zero-order valence-corrected chi connectivity index (χ0v) is 10.7. The highest BCUT2D eigenvalue weighted by Crippen LogP contribution is 2.30. The molecule has 0 bridgehead atoms. The van der Waals surface area contributed by atoms with Crippen LogP contribution in [0.25, 0.3) is 0 Å². The molecule has 0 aliphatic carbocycles. The number of hydrogen-bond acceptors (Lipinski definition) is 2. The molecule has 0 amide bonds. The fraction of sp³-hybridized carbons (Fsp3) is 0.571. The summed E-state index contributed by atoms with van der Waals surface area (Å²) in [7, 11) is 0. The van der Waals surface area contributed by atoms with Crippen LogP contribution in [0.1, 0.15) is 32.3 Å². The number of nitrogens with zero attached hydrogens (tertiary/aromatic N) is 1. The van der Waals surface area contributed by atoms with Crippen LogP contribution in [0, 0.1) is 5.82 Å². The SMILES string of the molecule is CCC(N)(CC)CN1CCc2ccc(F)cc21. The lowest BCUT2D eigenvalue weighted by Gasteiger charge is -2.33. The maximum absolute atomic E-state index is 13.3. The molecule has 0 aromatic heterocycles. The van der Waals surface area contributed by atoms with Crippen LogP contribution >= 0.6 is 0 Å². The first-order valence-electron chi connectivity index (χ1n) is 6.40. The van der Waals surface area contributed by atoms with Gasteiger partial charge in [-0.15, -0.1) is 0 Å². The third-order valence-corrected chi connectivity index (χ3v) is 3.95. The summed E-state index contributed by atoms with van der Waals surface area (Å²) in [5, 5.41) is 0. The van der Waals surface area contributed by atoms with Gasteiger partial charge in [0.25, 0.3) is 0 Å². The van der Waals surface area contributed by atoms with Crippen molar-refractivity contribution in [1.29, 1.82) is 0 Å². The van der Waals surface area contributed by atoms with Gasteiger partial charge < -0.3 is 10.6 Å². The molecule has 94 valence electrons. The Hall–Kier alpha value is -1.09. The zero-order valence-electron chi connectivity index (χ0n) is 10.7. The molecular weight excluding hydrogens is 215 g/mol. The summed E-state index contributed by atoms with van der Waals surface area (Å²) >= 11 is 0. The molecule has 1 aliphatic heterocycles. The molecule has 0 saturated heterocycles. The molecule has 1 heterocycles. The zero-order chi connectivity index (χ0) is 12.5. The van der Waals surface area contributed by atoms with Gasteiger partial charge in [0.05, 0.1) is 0 Å². The number of halogens is 1. The van der Waals surface area contributed by atoms with Crippen molar-refractivity contribution in [3.05, 3.63) is 29.6 Å². The van der Waals surface area contributed by atoms with E-state index in [1.807, 2.05) is 6.07 Å². The molecule has 0 saturated carbocycles. The van der Waals surface area contributed by atoms with Gasteiger partial charge >= 0.3 is 0 Å². The van der Waals surface area contributed by atoms with Crippen LogP contribution in [0.4, 0.5) is 10.1 Å². The monoisotopic (exact) mass is 236 g/mol. The quantitative estimate of drug-likeness (QED) is 0.871. The minimum atomic E-state index is -0.161. The van der Waals surface area contributed by atoms with Crippen molar-refractivity contribution in [1.82, 2.24) is 0 Å². The van der Waals surface area contributed by atoms with E-state index in [-0.39, 0.29) is 11.4 Å². The molecular formula is C14H21FN2. The molecule has 0 unspecified atom stereocenters. The van der Waals surface area contributed by atoms with E-state index in [4.69, 9.17) is 5.73 Å². The van der Waals surface area contributed by atoms with Crippen LogP contribution in [0.2, 0.25) is 0 Å². The van der Waals surface area contributed by atoms with Crippen LogP contribution in [-0.2, 0) is 6.42 Å². The third kappa shape index (κ3) is 2.44. The van der Waals surface area contributed by atoms with E-state index >= 15 is 0 Å². The smallest absolute Gasteiger partial charge is 0.125 e. The van der Waals surface area contributed by atoms with Crippen molar-refractivity contribution in [3.8, 4) is 0 Å². The van der Waals surface area contributed by atoms with Gasteiger partial charge in [-0.3, -0.25) is 0 Å². The second-order valence-electron chi connectivity index (χ2n) is 5.01. The molecule has 0 spiro atoms. The van der Waals surface area contributed by atoms with Gasteiger partial charge in [-0.05, 0) is 37.0 Å². The van der Waals surface area contributed by atoms with Gasteiger partial charge in [0.15, 0.2) is 0 Å². The normalized spacial score (nSPS) is 15.2. The molecule has 2 N–H and O–H groups in total. The predicted octanol–water partition coefficient (Wildman–Crippen LogP) is 2.71. The number of fused-ring (bicyclic) bond motifs is 1. The standard InChI is InChI=1S/C14H21FN2/c1-3-14(16,4-2)10-17-8-7-11-5-6-12(15)9-13(11)17/h5-6,9H,3-4,7-8,10,16H2,1-2H3. The Morgan fingerprint density at radius 2 is 2.06 bits per heavy atom. The summed E-state index contributed by atoms with van der Waals surface area (Å²) in [6, 6.07) is 5.06. The largest absolute Gasteiger partial charge is 0.369 e. The van der Waals surface area contributed by atoms with E-state index < -0.39 is 0 Å². The van der Waals surface area contributed by atoms with Crippen molar-refractivity contribution in [2.45, 2.75) is 38.6 Å². The summed E-state index contributed by atoms with van der Waals surface area (Å²) < 4.78 is 13.3. The lowest BCUT2D eigenvalue weighted by atomic mass is 9.93. The van der Waals surface area contributed by atoms with Crippen molar-refractivity contribution in [2.75, 3.05) is 18.0 Å². The Bertz CT molecular complexity index is 399. The van der Waals surface area contributed by atoms with Crippen molar-refractivity contribution < 1.29 is 4.39 Å². The average Bonchev–Trinajstić information content (AvgIpc) is 2.72. The maximum atomic E-state index is 13.3. The second kappa shape index (κ2) is 4.65. The molecule has 3 heteroatoms. The summed E-state index contributed by atoms with van der Waals surface area (Å²) in [4.78, 5) is 2.23. The maximum Gasteiger partial charge on any atom is 0.125 e. The fourth-order valence-corrected chi connectivity index (χ4v) is 2.44. The summed E-state index contributed by atoms with van der Waals surface area (Å²) in [6.45, 7) is 6.01. The van der Waals surface area contributed by atoms with Gasteiger partial charge in [-0.2, -0.15) is 0 Å². The number of anilines is 1. The molecule has 2 rings (SSSR count). The molecule has 0 fully saturated rings. The van der Waals surface area contributed by atoms with E-state index in [9.17, 15) is 4.39 Å². The van der Waals surface area contributed by atoms with E-state index in [1.165, 1.54) is 11.6 Å². The predicted molar refractivity (Wildman–Crippen MR) is 69.8 cm³/mol. The fourth-order valence-electron chi connectivity index (χ4n) is 2.44. The molecule has 17 heavy (non-hydrogen) atoms. The van der Waals surface area contributed by atoms with Crippen LogP contribution < -0.4 is 10.6 Å². The third-order valence-electron chi connectivity index (χ3n) is 3.95. The summed E-state index contributed by atoms with van der Waals surface area (Å²) in [5.41, 5.74) is 8.44. The van der Waals surface area contributed by atoms with Crippen molar-refractivity contribution in [3.63, 3.8) is 0 Å². The second-order valence-corrected chi connectivity index (χ2v) is 5.01. The van der Waals surface area contributed by atoms with Gasteiger partial charge in [-0.25, -0.2) is 4.39 Å². The Morgan fingerprint density at radius 1 is 1.35 bits per heavy atom. The van der Waals surface area contributed by atoms with Crippen LogP contribution in [0.5, 0.6) is 0 Å². The van der Waals surface area contributed by atoms with Crippen LogP contribution in [-0.4, -0.2) is 18.6 Å². The van der Waals surface area contributed by atoms with Crippen molar-refractivity contribution >= 4 is 5.69 Å². The summed E-state index contributed by atoms with van der Waals surface area (Å²) in [6.07, 6.45) is 2.90. The number of rotatable bonds is 4. The topological polar surface area (TPSA) is 29.3 Å². The Kier molecular flexibility index (Phi) is 3.38. The van der Waals surface area contributed by atoms with E-state index in [1.54, 1.807) is 6.07 Å². The van der Waals surface area contributed by atoms with Crippen molar-refractivity contribution in [2.24, 2.45) is 5.73 Å². The van der Waals surface area contributed by atoms with E-state index in [0.29, 0.717) is 0 Å². The van der Waals surface area contributed by atoms with Gasteiger partial charge in [-0.1, -0.05) is 19.9 Å². The van der Waals surface area contributed by atoms with Crippen LogP contribution in [0.3, 0.4) is 0 Å². The van der Waals surface area contributed by atoms with Gasteiger partial charge in [0, 0.05) is 24.3 Å². The first-order chi connectivity index (χ1) is 8.08. The number of hydrogen-bond donors (Lipinski definition) is 1. The molecule has 0 atom stereocenters. The minimum absolute atomic E-state index is 0.159. The average molecular weight is 236 g/mol. The minimum Gasteiger partial charge on any atom is -0.369 e. The number of benzene rings is 1. The highest BCUT2D eigenvalue weighted by Gasteiger charge is 2.28. The molecule has 0 radical (unpaired) electrons. The molecule has 1 aromatic carbocycles. The molecule has 2 nitrogen and oxygen atoms in total. The molecule has 1 aromatic rings. The first-order valence-corrected chi connectivity index (χ1v) is 6.40. The lowest BCUT2D eigenvalue weighted by molar-refractivity contribution is 0.396. The molecule has 1 aliphatic rings. The Morgan fingerprint density at radius 3 is 2.71 bits per heavy atom. The van der Waals surface area contributed by atoms with E-state index in [0.717, 1.165) is 38.0 Å². The highest BCUT2D eigenvalue weighted by molar-refractivity contribution is 5.58. The Labute approximate surface area is 103 Å². The lowest BCUT2D eigenvalue weighted by Crippen LogP contribution is -2.49.